The van der Waals surface area contributed by atoms with E-state index >= 15 is 0 Å². The van der Waals surface area contributed by atoms with Crippen molar-refractivity contribution in [1.82, 2.24) is 4.90 Å². The molecule has 1 aliphatic rings. The van der Waals surface area contributed by atoms with Gasteiger partial charge in [-0.05, 0) is 41.3 Å². The molecule has 0 saturated carbocycles. The maximum Gasteiger partial charge on any atom is 0.239 e. The van der Waals surface area contributed by atoms with E-state index in [0.29, 0.717) is 6.54 Å². The largest absolute Gasteiger partial charge is 0.497 e. The number of primary amides is 1. The molecule has 2 N–H and O–H groups in total. The molecule has 1 aliphatic heterocycles. The van der Waals surface area contributed by atoms with Gasteiger partial charge in [0.05, 0.1) is 7.11 Å². The van der Waals surface area contributed by atoms with Gasteiger partial charge in [0.15, 0.2) is 0 Å². The van der Waals surface area contributed by atoms with Crippen molar-refractivity contribution in [3.05, 3.63) is 65.2 Å². The first kappa shape index (κ1) is 14.6. The Kier molecular flexibility index (Phi) is 4.11. The van der Waals surface area contributed by atoms with Gasteiger partial charge in [-0.15, -0.1) is 0 Å². The van der Waals surface area contributed by atoms with E-state index in [4.69, 9.17) is 10.5 Å². The van der Waals surface area contributed by atoms with Crippen molar-refractivity contribution in [2.45, 2.75) is 19.0 Å². The molecule has 4 nitrogen and oxygen atoms in total. The fraction of sp³-hybridized carbons (Fsp3) is 0.278. The second-order valence-electron chi connectivity index (χ2n) is 5.50. The van der Waals surface area contributed by atoms with Crippen molar-refractivity contribution >= 4 is 5.91 Å². The minimum absolute atomic E-state index is 0.310. The number of hydrogen-bond donors (Lipinski definition) is 1. The minimum Gasteiger partial charge on any atom is -0.497 e. The zero-order valence-corrected chi connectivity index (χ0v) is 12.6. The first-order valence-electron chi connectivity index (χ1n) is 7.34. The van der Waals surface area contributed by atoms with E-state index in [2.05, 4.69) is 11.0 Å². The Morgan fingerprint density at radius 2 is 2.32 bits per heavy atom. The second-order valence-corrected chi connectivity index (χ2v) is 5.50. The van der Waals surface area contributed by atoms with Gasteiger partial charge < -0.3 is 10.5 Å². The van der Waals surface area contributed by atoms with Gasteiger partial charge in [0.1, 0.15) is 11.8 Å². The number of amides is 1. The van der Waals surface area contributed by atoms with Crippen LogP contribution in [0, 0.1) is 6.07 Å². The van der Waals surface area contributed by atoms with Gasteiger partial charge >= 0.3 is 0 Å². The van der Waals surface area contributed by atoms with Crippen LogP contribution in [-0.4, -0.2) is 24.5 Å². The van der Waals surface area contributed by atoms with Crippen molar-refractivity contribution in [3.63, 3.8) is 0 Å². The summed E-state index contributed by atoms with van der Waals surface area (Å²) < 4.78 is 5.26. The van der Waals surface area contributed by atoms with E-state index in [9.17, 15) is 4.79 Å². The number of nitrogens with two attached hydrogens (primary N) is 1. The Morgan fingerprint density at radius 3 is 3.09 bits per heavy atom. The lowest BCUT2D eigenvalue weighted by Gasteiger charge is -2.35. The van der Waals surface area contributed by atoms with Crippen LogP contribution >= 0.6 is 0 Å². The molecule has 0 bridgehead atoms. The molecule has 0 spiro atoms. The van der Waals surface area contributed by atoms with Crippen molar-refractivity contribution in [2.24, 2.45) is 5.73 Å². The van der Waals surface area contributed by atoms with Crippen LogP contribution in [0.1, 0.15) is 22.7 Å². The Morgan fingerprint density at radius 1 is 1.45 bits per heavy atom. The van der Waals surface area contributed by atoms with Gasteiger partial charge in [-0.2, -0.15) is 0 Å². The third-order valence-electron chi connectivity index (χ3n) is 4.10. The van der Waals surface area contributed by atoms with Gasteiger partial charge in [-0.1, -0.05) is 30.3 Å². The summed E-state index contributed by atoms with van der Waals surface area (Å²) in [6.07, 6.45) is 0.903. The first-order chi connectivity index (χ1) is 10.7. The normalized spacial score (nSPS) is 17.8. The maximum atomic E-state index is 12.0. The second kappa shape index (κ2) is 6.20. The van der Waals surface area contributed by atoms with Gasteiger partial charge in [0.2, 0.25) is 5.91 Å². The summed E-state index contributed by atoms with van der Waals surface area (Å²) >= 11 is 0. The standard InChI is InChI=1S/C18H19N2O2/c1-22-15-7-4-5-13(11-15)12-20-10-9-14-6-2-3-8-16(14)17(20)18(19)21/h3-8,11,17H,9-10,12H2,1H3,(H2,19,21). The summed E-state index contributed by atoms with van der Waals surface area (Å²) in [6.45, 7) is 1.47. The molecule has 1 unspecified atom stereocenters. The van der Waals surface area contributed by atoms with Crippen LogP contribution in [0.3, 0.4) is 0 Å². The molecule has 22 heavy (non-hydrogen) atoms. The highest BCUT2D eigenvalue weighted by molar-refractivity contribution is 5.82. The van der Waals surface area contributed by atoms with Gasteiger partial charge in [0, 0.05) is 13.1 Å². The molecule has 0 aliphatic carbocycles. The molecule has 0 aromatic heterocycles. The molecule has 1 radical (unpaired) electrons. The number of ether oxygens (including phenoxy) is 1. The summed E-state index contributed by atoms with van der Waals surface area (Å²) in [6, 6.07) is 16.3. The van der Waals surface area contributed by atoms with E-state index in [0.717, 1.165) is 35.4 Å². The molecule has 4 heteroatoms. The van der Waals surface area contributed by atoms with Crippen molar-refractivity contribution < 1.29 is 9.53 Å². The molecule has 3 rings (SSSR count). The highest BCUT2D eigenvalue weighted by Crippen LogP contribution is 2.30. The first-order valence-corrected chi connectivity index (χ1v) is 7.34. The van der Waals surface area contributed by atoms with E-state index in [1.165, 1.54) is 0 Å². The fourth-order valence-corrected chi connectivity index (χ4v) is 3.06. The maximum absolute atomic E-state index is 12.0. The molecule has 113 valence electrons. The number of carbonyl (C=O) groups excluding carboxylic acids is 1. The van der Waals surface area contributed by atoms with Gasteiger partial charge in [0.25, 0.3) is 0 Å². The third-order valence-corrected chi connectivity index (χ3v) is 4.10. The third kappa shape index (κ3) is 2.83. The molecule has 1 heterocycles. The Labute approximate surface area is 130 Å². The average Bonchev–Trinajstić information content (AvgIpc) is 2.54. The summed E-state index contributed by atoms with van der Waals surface area (Å²) in [5.41, 5.74) is 8.94. The molecule has 0 fully saturated rings. The van der Waals surface area contributed by atoms with Gasteiger partial charge in [-0.3, -0.25) is 9.69 Å². The molecule has 2 aromatic rings. The Hall–Kier alpha value is -2.33. The monoisotopic (exact) mass is 295 g/mol. The lowest BCUT2D eigenvalue weighted by Crippen LogP contribution is -2.42. The molecule has 0 saturated heterocycles. The molecule has 2 aromatic carbocycles. The highest BCUT2D eigenvalue weighted by atomic mass is 16.5. The predicted octanol–water partition coefficient (Wildman–Crippen LogP) is 2.08. The summed E-state index contributed by atoms with van der Waals surface area (Å²) in [5, 5.41) is 0. The van der Waals surface area contributed by atoms with E-state index < -0.39 is 0 Å². The zero-order valence-electron chi connectivity index (χ0n) is 12.6. The van der Waals surface area contributed by atoms with Crippen molar-refractivity contribution in [3.8, 4) is 5.75 Å². The zero-order chi connectivity index (χ0) is 15.5. The van der Waals surface area contributed by atoms with E-state index in [1.54, 1.807) is 7.11 Å². The van der Waals surface area contributed by atoms with Crippen LogP contribution in [0.2, 0.25) is 0 Å². The number of hydrogen-bond acceptors (Lipinski definition) is 3. The quantitative estimate of drug-likeness (QED) is 0.939. The number of rotatable bonds is 4. The lowest BCUT2D eigenvalue weighted by atomic mass is 9.92. The van der Waals surface area contributed by atoms with Crippen LogP contribution in [0.4, 0.5) is 0 Å². The van der Waals surface area contributed by atoms with E-state index in [1.807, 2.05) is 42.5 Å². The minimum atomic E-state index is -0.385. The van der Waals surface area contributed by atoms with Crippen LogP contribution in [0.25, 0.3) is 0 Å². The number of methoxy groups -OCH3 is 1. The molecule has 1 atom stereocenters. The fourth-order valence-electron chi connectivity index (χ4n) is 3.06. The Bertz CT molecular complexity index is 684. The highest BCUT2D eigenvalue weighted by Gasteiger charge is 2.31. The van der Waals surface area contributed by atoms with Crippen LogP contribution < -0.4 is 10.5 Å². The van der Waals surface area contributed by atoms with Crippen molar-refractivity contribution in [1.29, 1.82) is 0 Å². The SMILES string of the molecule is COc1cccc(CN2CCc3c[c]ccc3C2C(N)=O)c1. The topological polar surface area (TPSA) is 55.6 Å². The number of nitrogens with zero attached hydrogens (tertiary/aromatic N) is 1. The van der Waals surface area contributed by atoms with E-state index in [-0.39, 0.29) is 11.9 Å². The lowest BCUT2D eigenvalue weighted by molar-refractivity contribution is -0.124. The Balaban J connectivity index is 1.88. The summed E-state index contributed by atoms with van der Waals surface area (Å²) in [5.74, 6) is 0.509. The molecular formula is C18H19N2O2. The molecular weight excluding hydrogens is 276 g/mol. The summed E-state index contributed by atoms with van der Waals surface area (Å²) in [4.78, 5) is 14.1. The van der Waals surface area contributed by atoms with Crippen molar-refractivity contribution in [2.75, 3.05) is 13.7 Å². The number of benzene rings is 2. The van der Waals surface area contributed by atoms with Crippen LogP contribution in [0.15, 0.2) is 42.5 Å². The van der Waals surface area contributed by atoms with Gasteiger partial charge in [-0.25, -0.2) is 0 Å². The average molecular weight is 295 g/mol. The van der Waals surface area contributed by atoms with Crippen LogP contribution in [0.5, 0.6) is 5.75 Å². The predicted molar refractivity (Wildman–Crippen MR) is 84.3 cm³/mol. The van der Waals surface area contributed by atoms with Crippen LogP contribution in [-0.2, 0) is 17.8 Å². The summed E-state index contributed by atoms with van der Waals surface area (Å²) in [7, 11) is 1.65. The molecule has 1 amide bonds. The number of carbonyl (C=O) groups is 1. The smallest absolute Gasteiger partial charge is 0.239 e. The number of fused-ring (bicyclic) bond motifs is 1.